The molecule has 102 valence electrons. The first-order chi connectivity index (χ1) is 9.15. The van der Waals surface area contributed by atoms with Crippen molar-refractivity contribution >= 4 is 11.6 Å². The van der Waals surface area contributed by atoms with Crippen LogP contribution in [0.5, 0.6) is 0 Å². The minimum Gasteiger partial charge on any atom is -0.339 e. The zero-order chi connectivity index (χ0) is 13.8. The van der Waals surface area contributed by atoms with Crippen molar-refractivity contribution < 1.29 is 4.52 Å². The first-order valence-corrected chi connectivity index (χ1v) is 6.66. The van der Waals surface area contributed by atoms with Gasteiger partial charge in [0, 0.05) is 12.2 Å². The molecule has 0 radical (unpaired) electrons. The third-order valence-corrected chi connectivity index (χ3v) is 3.43. The number of likely N-dealkylation sites (N-methyl/N-ethyl adjacent to an activating group) is 1. The summed E-state index contributed by atoms with van der Waals surface area (Å²) >= 11 is 5.80. The molecule has 2 heterocycles. The minimum atomic E-state index is 0.156. The summed E-state index contributed by atoms with van der Waals surface area (Å²) in [5, 5.41) is 7.80. The molecule has 0 amide bonds. The van der Waals surface area contributed by atoms with Crippen LogP contribution in [0.2, 0.25) is 5.02 Å². The van der Waals surface area contributed by atoms with Crippen LogP contribution in [0.3, 0.4) is 0 Å². The van der Waals surface area contributed by atoms with Crippen molar-refractivity contribution in [3.8, 4) is 11.5 Å². The lowest BCUT2D eigenvalue weighted by Crippen LogP contribution is -2.30. The summed E-state index contributed by atoms with van der Waals surface area (Å²) in [5.74, 6) is 1.26. The Bertz CT molecular complexity index is 522. The summed E-state index contributed by atoms with van der Waals surface area (Å²) in [6.07, 6.45) is 2.56. The molecule has 0 aliphatic carbocycles. The van der Waals surface area contributed by atoms with Gasteiger partial charge in [0.2, 0.25) is 11.7 Å². The molecule has 0 fully saturated rings. The smallest absolute Gasteiger partial charge is 0.231 e. The number of halogens is 1. The molecule has 6 heteroatoms. The number of pyridine rings is 1. The third kappa shape index (κ3) is 3.11. The zero-order valence-corrected chi connectivity index (χ0v) is 12.0. The van der Waals surface area contributed by atoms with E-state index in [9.17, 15) is 0 Å². The highest BCUT2D eigenvalue weighted by atomic mass is 35.5. The van der Waals surface area contributed by atoms with Crippen LogP contribution in [0.1, 0.15) is 32.1 Å². The van der Waals surface area contributed by atoms with Gasteiger partial charge in [-0.25, -0.2) is 0 Å². The Morgan fingerprint density at radius 2 is 2.21 bits per heavy atom. The monoisotopic (exact) mass is 280 g/mol. The second kappa shape index (κ2) is 6.12. The predicted octanol–water partition coefficient (Wildman–Crippen LogP) is 2.89. The van der Waals surface area contributed by atoms with Gasteiger partial charge in [0.1, 0.15) is 5.69 Å². The van der Waals surface area contributed by atoms with Crippen LogP contribution >= 0.6 is 11.6 Å². The van der Waals surface area contributed by atoms with Gasteiger partial charge in [0.15, 0.2) is 0 Å². The van der Waals surface area contributed by atoms with Crippen molar-refractivity contribution in [3.05, 3.63) is 29.2 Å². The van der Waals surface area contributed by atoms with E-state index in [1.165, 1.54) is 0 Å². The van der Waals surface area contributed by atoms with E-state index < -0.39 is 0 Å². The van der Waals surface area contributed by atoms with Crippen LogP contribution < -0.4 is 5.32 Å². The Labute approximate surface area is 117 Å². The van der Waals surface area contributed by atoms with Crippen LogP contribution in [0.15, 0.2) is 22.9 Å². The van der Waals surface area contributed by atoms with E-state index in [4.69, 9.17) is 16.1 Å². The Kier molecular flexibility index (Phi) is 4.50. The van der Waals surface area contributed by atoms with Crippen LogP contribution in [-0.2, 0) is 0 Å². The lowest BCUT2D eigenvalue weighted by molar-refractivity contribution is 0.326. The Morgan fingerprint density at radius 3 is 2.79 bits per heavy atom. The van der Waals surface area contributed by atoms with Crippen molar-refractivity contribution in [3.63, 3.8) is 0 Å². The molecule has 19 heavy (non-hydrogen) atoms. The maximum atomic E-state index is 5.80. The fraction of sp³-hybridized carbons (Fsp3) is 0.462. The molecule has 5 nitrogen and oxygen atoms in total. The Morgan fingerprint density at radius 1 is 1.42 bits per heavy atom. The largest absolute Gasteiger partial charge is 0.339 e. The fourth-order valence-electron chi connectivity index (χ4n) is 2.01. The van der Waals surface area contributed by atoms with Crippen molar-refractivity contribution in [2.75, 3.05) is 7.05 Å². The fourth-order valence-corrected chi connectivity index (χ4v) is 2.12. The number of nitrogens with zero attached hydrogens (tertiary/aromatic N) is 3. The highest BCUT2D eigenvalue weighted by molar-refractivity contribution is 6.30. The second-order valence-corrected chi connectivity index (χ2v) is 4.85. The molecule has 0 aliphatic heterocycles. The molecule has 1 N–H and O–H groups in total. The maximum absolute atomic E-state index is 5.80. The van der Waals surface area contributed by atoms with Crippen molar-refractivity contribution in [1.82, 2.24) is 20.4 Å². The highest BCUT2D eigenvalue weighted by Gasteiger charge is 2.22. The summed E-state index contributed by atoms with van der Waals surface area (Å²) in [5.41, 5.74) is 0.657. The lowest BCUT2D eigenvalue weighted by Gasteiger charge is -2.18. The van der Waals surface area contributed by atoms with E-state index in [0.717, 1.165) is 6.42 Å². The molecule has 0 saturated carbocycles. The molecule has 2 rings (SSSR count). The SMILES string of the molecule is CCC(NC)C(C)c1nc(-c2ccc(Cl)cn2)no1. The van der Waals surface area contributed by atoms with Crippen molar-refractivity contribution in [2.24, 2.45) is 0 Å². The Hall–Kier alpha value is -1.46. The highest BCUT2D eigenvalue weighted by Crippen LogP contribution is 2.22. The molecule has 0 bridgehead atoms. The van der Waals surface area contributed by atoms with Gasteiger partial charge in [0.05, 0.1) is 10.9 Å². The predicted molar refractivity (Wildman–Crippen MR) is 74.1 cm³/mol. The third-order valence-electron chi connectivity index (χ3n) is 3.20. The first kappa shape index (κ1) is 14.0. The van der Waals surface area contributed by atoms with E-state index in [-0.39, 0.29) is 5.92 Å². The second-order valence-electron chi connectivity index (χ2n) is 4.41. The Balaban J connectivity index is 2.21. The topological polar surface area (TPSA) is 63.8 Å². The number of hydrogen-bond acceptors (Lipinski definition) is 5. The number of rotatable bonds is 5. The average Bonchev–Trinajstić information content (AvgIpc) is 2.90. The summed E-state index contributed by atoms with van der Waals surface area (Å²) < 4.78 is 5.32. The lowest BCUT2D eigenvalue weighted by atomic mass is 10.00. The van der Waals surface area contributed by atoms with E-state index >= 15 is 0 Å². The molecule has 0 saturated heterocycles. The molecule has 0 aliphatic rings. The van der Waals surface area contributed by atoms with E-state index in [1.807, 2.05) is 7.05 Å². The molecule has 2 aromatic heterocycles. The number of hydrogen-bond donors (Lipinski definition) is 1. The number of nitrogens with one attached hydrogen (secondary N) is 1. The van der Waals surface area contributed by atoms with E-state index in [1.54, 1.807) is 18.3 Å². The molecular weight excluding hydrogens is 264 g/mol. The zero-order valence-electron chi connectivity index (χ0n) is 11.2. The van der Waals surface area contributed by atoms with Gasteiger partial charge in [-0.05, 0) is 25.6 Å². The van der Waals surface area contributed by atoms with Gasteiger partial charge in [0.25, 0.3) is 0 Å². The normalized spacial score (nSPS) is 14.3. The van der Waals surface area contributed by atoms with Gasteiger partial charge < -0.3 is 9.84 Å². The van der Waals surface area contributed by atoms with Crippen molar-refractivity contribution in [1.29, 1.82) is 0 Å². The summed E-state index contributed by atoms with van der Waals surface area (Å²) in [7, 11) is 1.93. The summed E-state index contributed by atoms with van der Waals surface area (Å²) in [6, 6.07) is 3.84. The van der Waals surface area contributed by atoms with Crippen LogP contribution in [0, 0.1) is 0 Å². The molecular formula is C13H17ClN4O. The van der Waals surface area contributed by atoms with Crippen LogP contribution in [-0.4, -0.2) is 28.2 Å². The summed E-state index contributed by atoms with van der Waals surface area (Å²) in [4.78, 5) is 8.58. The standard InChI is InChI=1S/C13H17ClN4O/c1-4-10(15-3)8(2)13-17-12(18-19-13)11-6-5-9(14)7-16-11/h5-8,10,15H,4H2,1-3H3. The molecule has 2 unspecified atom stereocenters. The molecule has 0 aromatic carbocycles. The van der Waals surface area contributed by atoms with Crippen LogP contribution in [0.25, 0.3) is 11.5 Å². The van der Waals surface area contributed by atoms with Crippen LogP contribution in [0.4, 0.5) is 0 Å². The van der Waals surface area contributed by atoms with Gasteiger partial charge in [-0.3, -0.25) is 4.98 Å². The number of aromatic nitrogens is 3. The van der Waals surface area contributed by atoms with Gasteiger partial charge in [-0.1, -0.05) is 30.6 Å². The maximum Gasteiger partial charge on any atom is 0.231 e. The van der Waals surface area contributed by atoms with Crippen molar-refractivity contribution in [2.45, 2.75) is 32.2 Å². The molecule has 2 atom stereocenters. The quantitative estimate of drug-likeness (QED) is 0.912. The molecule has 2 aromatic rings. The average molecular weight is 281 g/mol. The van der Waals surface area contributed by atoms with E-state index in [2.05, 4.69) is 34.3 Å². The van der Waals surface area contributed by atoms with Gasteiger partial charge in [-0.2, -0.15) is 4.98 Å². The van der Waals surface area contributed by atoms with Gasteiger partial charge in [-0.15, -0.1) is 0 Å². The first-order valence-electron chi connectivity index (χ1n) is 6.28. The molecule has 0 spiro atoms. The minimum absolute atomic E-state index is 0.156. The summed E-state index contributed by atoms with van der Waals surface area (Å²) in [6.45, 7) is 4.19. The van der Waals surface area contributed by atoms with Gasteiger partial charge >= 0.3 is 0 Å². The van der Waals surface area contributed by atoms with E-state index in [0.29, 0.717) is 28.5 Å².